The number of hydrogen-bond acceptors (Lipinski definition) is 7. The predicted molar refractivity (Wildman–Crippen MR) is 143 cm³/mol. The minimum atomic E-state index is -1.18. The van der Waals surface area contributed by atoms with Crippen molar-refractivity contribution in [2.75, 3.05) is 31.3 Å². The van der Waals surface area contributed by atoms with E-state index in [0.717, 1.165) is 6.42 Å². The highest BCUT2D eigenvalue weighted by Crippen LogP contribution is 2.22. The Morgan fingerprint density at radius 2 is 1.54 bits per heavy atom. The van der Waals surface area contributed by atoms with Gasteiger partial charge in [-0.05, 0) is 29.4 Å². The molecule has 37 heavy (non-hydrogen) atoms. The molecule has 2 amide bonds. The van der Waals surface area contributed by atoms with E-state index in [9.17, 15) is 29.1 Å². The van der Waals surface area contributed by atoms with Crippen molar-refractivity contribution in [3.05, 3.63) is 0 Å². The molecule has 0 spiro atoms. The molecule has 214 valence electrons. The third kappa shape index (κ3) is 20.6. The third-order valence-corrected chi connectivity index (χ3v) is 6.82. The van der Waals surface area contributed by atoms with Crippen LogP contribution in [0.3, 0.4) is 0 Å². The maximum atomic E-state index is 12.8. The van der Waals surface area contributed by atoms with Gasteiger partial charge in [0, 0.05) is 43.9 Å². The molecule has 10 nitrogen and oxygen atoms in total. The lowest BCUT2D eigenvalue weighted by Gasteiger charge is -2.22. The van der Waals surface area contributed by atoms with E-state index in [1.807, 2.05) is 20.8 Å². The number of Topliss-reactive ketones (excluding diaryl/α,β-unsaturated/α-hetero) is 1. The van der Waals surface area contributed by atoms with Crippen molar-refractivity contribution < 1.29 is 38.9 Å². The Labute approximate surface area is 225 Å². The van der Waals surface area contributed by atoms with Gasteiger partial charge in [0.25, 0.3) is 0 Å². The van der Waals surface area contributed by atoms with Crippen molar-refractivity contribution in [1.82, 2.24) is 10.6 Å². The van der Waals surface area contributed by atoms with Crippen LogP contribution in [0.15, 0.2) is 0 Å². The average Bonchev–Trinajstić information content (AvgIpc) is 2.75. The highest BCUT2D eigenvalue weighted by Gasteiger charge is 2.28. The maximum absolute atomic E-state index is 12.8. The van der Waals surface area contributed by atoms with Crippen molar-refractivity contribution in [2.24, 2.45) is 16.7 Å². The Morgan fingerprint density at radius 3 is 2.08 bits per heavy atom. The summed E-state index contributed by atoms with van der Waals surface area (Å²) >= 11 is 1.41. The van der Waals surface area contributed by atoms with Crippen LogP contribution in [-0.2, 0) is 28.7 Å². The topological polar surface area (TPSA) is 159 Å². The number of carboxylic acids is 2. The molecule has 0 heterocycles. The number of thioether (sulfide) groups is 1. The lowest BCUT2D eigenvalue weighted by Crippen LogP contribution is -2.45. The zero-order chi connectivity index (χ0) is 28.6. The maximum Gasteiger partial charge on any atom is 0.327 e. The molecule has 0 unspecified atom stereocenters. The standard InChI is InChI=1S/C26H46N2O8S/c1-25(2,3)11-9-21(30)27-12-14-36-13-10-19(29)15-18(7-8-22(31)32)23(33)28-20(24(34)35)16-37-17-26(4,5)6/h18,20H,7-17H2,1-6H3,(H,27,30)(H,28,33)(H,31,32)(H,34,35)/t18-,20+/m1/s1. The van der Waals surface area contributed by atoms with E-state index in [1.165, 1.54) is 11.8 Å². The quantitative estimate of drug-likeness (QED) is 0.179. The van der Waals surface area contributed by atoms with Gasteiger partial charge >= 0.3 is 11.9 Å². The molecule has 0 bridgehead atoms. The second kappa shape index (κ2) is 17.4. The van der Waals surface area contributed by atoms with E-state index in [1.54, 1.807) is 0 Å². The van der Waals surface area contributed by atoms with Crippen molar-refractivity contribution >= 4 is 41.3 Å². The van der Waals surface area contributed by atoms with Crippen LogP contribution in [0.2, 0.25) is 0 Å². The summed E-state index contributed by atoms with van der Waals surface area (Å²) < 4.78 is 5.40. The molecular formula is C26H46N2O8S. The number of ketones is 1. The number of hydrogen-bond donors (Lipinski definition) is 4. The van der Waals surface area contributed by atoms with Crippen LogP contribution in [0, 0.1) is 16.7 Å². The summed E-state index contributed by atoms with van der Waals surface area (Å²) in [5, 5.41) is 23.7. The summed E-state index contributed by atoms with van der Waals surface area (Å²) in [6.45, 7) is 12.9. The monoisotopic (exact) mass is 546 g/mol. The summed E-state index contributed by atoms with van der Waals surface area (Å²) in [6, 6.07) is -1.13. The van der Waals surface area contributed by atoms with Crippen LogP contribution in [-0.4, -0.2) is 77.1 Å². The minimum Gasteiger partial charge on any atom is -0.481 e. The van der Waals surface area contributed by atoms with Crippen LogP contribution in [0.4, 0.5) is 0 Å². The lowest BCUT2D eigenvalue weighted by molar-refractivity contribution is -0.142. The smallest absolute Gasteiger partial charge is 0.327 e. The van der Waals surface area contributed by atoms with Crippen LogP contribution in [0.1, 0.15) is 80.1 Å². The van der Waals surface area contributed by atoms with Gasteiger partial charge in [-0.1, -0.05) is 41.5 Å². The van der Waals surface area contributed by atoms with Gasteiger partial charge in [0.2, 0.25) is 11.8 Å². The van der Waals surface area contributed by atoms with E-state index >= 15 is 0 Å². The molecule has 2 atom stereocenters. The highest BCUT2D eigenvalue weighted by molar-refractivity contribution is 7.99. The summed E-state index contributed by atoms with van der Waals surface area (Å²) in [6.07, 6.45) is 0.642. The van der Waals surface area contributed by atoms with Gasteiger partial charge in [-0.25, -0.2) is 4.79 Å². The first-order valence-corrected chi connectivity index (χ1v) is 13.8. The first-order chi connectivity index (χ1) is 17.0. The molecular weight excluding hydrogens is 500 g/mol. The van der Waals surface area contributed by atoms with Crippen molar-refractivity contribution in [2.45, 2.75) is 86.1 Å². The molecule has 0 radical (unpaired) electrons. The Balaban J connectivity index is 4.61. The zero-order valence-electron chi connectivity index (χ0n) is 23.2. The summed E-state index contributed by atoms with van der Waals surface area (Å²) in [5.74, 6) is -3.35. The van der Waals surface area contributed by atoms with Gasteiger partial charge in [-0.3, -0.25) is 19.2 Å². The third-order valence-electron chi connectivity index (χ3n) is 5.18. The number of carboxylic acid groups (broad SMARTS) is 2. The van der Waals surface area contributed by atoms with E-state index in [-0.39, 0.29) is 67.2 Å². The van der Waals surface area contributed by atoms with E-state index in [0.29, 0.717) is 18.7 Å². The van der Waals surface area contributed by atoms with Crippen LogP contribution < -0.4 is 10.6 Å². The minimum absolute atomic E-state index is 0.00586. The number of amides is 2. The number of carbonyl (C=O) groups excluding carboxylic acids is 3. The molecule has 0 fully saturated rings. The van der Waals surface area contributed by atoms with Gasteiger partial charge in [0.05, 0.1) is 13.2 Å². The van der Waals surface area contributed by atoms with Crippen LogP contribution in [0.25, 0.3) is 0 Å². The molecule has 0 saturated carbocycles. The number of carbonyl (C=O) groups is 5. The van der Waals surface area contributed by atoms with Crippen molar-refractivity contribution in [3.63, 3.8) is 0 Å². The number of rotatable bonds is 19. The Morgan fingerprint density at radius 1 is 0.892 bits per heavy atom. The summed E-state index contributed by atoms with van der Waals surface area (Å²) in [4.78, 5) is 59.6. The fraction of sp³-hybridized carbons (Fsp3) is 0.808. The average molecular weight is 547 g/mol. The number of aliphatic carboxylic acids is 2. The molecule has 0 rings (SSSR count). The first kappa shape index (κ1) is 34.9. The molecule has 0 aromatic heterocycles. The first-order valence-electron chi connectivity index (χ1n) is 12.7. The number of nitrogens with one attached hydrogen (secondary N) is 2. The summed E-state index contributed by atoms with van der Waals surface area (Å²) in [5.41, 5.74) is 0.0707. The highest BCUT2D eigenvalue weighted by atomic mass is 32.2. The molecule has 0 aromatic carbocycles. The normalized spacial score (nSPS) is 13.5. The van der Waals surface area contributed by atoms with Gasteiger partial charge in [-0.2, -0.15) is 11.8 Å². The fourth-order valence-corrected chi connectivity index (χ4v) is 4.27. The lowest BCUT2D eigenvalue weighted by atomic mass is 9.90. The van der Waals surface area contributed by atoms with E-state index in [2.05, 4.69) is 31.4 Å². The van der Waals surface area contributed by atoms with E-state index < -0.39 is 29.8 Å². The number of ether oxygens (including phenoxy) is 1. The molecule has 0 saturated heterocycles. The molecule has 11 heteroatoms. The molecule has 0 aromatic rings. The second-order valence-electron chi connectivity index (χ2n) is 11.6. The van der Waals surface area contributed by atoms with Gasteiger partial charge in [0.15, 0.2) is 0 Å². The molecule has 4 N–H and O–H groups in total. The van der Waals surface area contributed by atoms with Gasteiger partial charge in [-0.15, -0.1) is 0 Å². The van der Waals surface area contributed by atoms with E-state index in [4.69, 9.17) is 9.84 Å². The Bertz CT molecular complexity index is 759. The predicted octanol–water partition coefficient (Wildman–Crippen LogP) is 3.12. The van der Waals surface area contributed by atoms with Crippen LogP contribution >= 0.6 is 11.8 Å². The van der Waals surface area contributed by atoms with Gasteiger partial charge in [0.1, 0.15) is 11.8 Å². The van der Waals surface area contributed by atoms with Crippen LogP contribution in [0.5, 0.6) is 0 Å². The van der Waals surface area contributed by atoms with Gasteiger partial charge < -0.3 is 25.6 Å². The largest absolute Gasteiger partial charge is 0.481 e. The SMILES string of the molecule is CC(C)(C)CCC(=O)NCCOCCC(=O)C[C@@H](CCC(=O)O)C(=O)N[C@@H](CSCC(C)(C)C)C(=O)O. The van der Waals surface area contributed by atoms with Crippen molar-refractivity contribution in [1.29, 1.82) is 0 Å². The second-order valence-corrected chi connectivity index (χ2v) is 12.7. The molecule has 0 aliphatic rings. The molecule has 0 aliphatic carbocycles. The zero-order valence-corrected chi connectivity index (χ0v) is 24.0. The molecule has 0 aliphatic heterocycles. The summed E-state index contributed by atoms with van der Waals surface area (Å²) in [7, 11) is 0. The fourth-order valence-electron chi connectivity index (χ4n) is 3.08. The Hall–Kier alpha value is -2.14. The van der Waals surface area contributed by atoms with Crippen molar-refractivity contribution in [3.8, 4) is 0 Å². The Kier molecular flexibility index (Phi) is 16.4.